The third-order valence-electron chi connectivity index (χ3n) is 3.51. The van der Waals surface area contributed by atoms with Gasteiger partial charge >= 0.3 is 0 Å². The number of benzene rings is 1. The molecular formula is C15H15NO. The molecule has 2 heteroatoms. The van der Waals surface area contributed by atoms with Gasteiger partial charge in [-0.3, -0.25) is 4.98 Å². The van der Waals surface area contributed by atoms with Gasteiger partial charge in [0, 0.05) is 18.3 Å². The molecule has 2 nitrogen and oxygen atoms in total. The molecule has 2 atom stereocenters. The number of rotatable bonds is 2. The average Bonchev–Trinajstić information content (AvgIpc) is 2.30. The molecule has 1 heterocycles. The van der Waals surface area contributed by atoms with Crippen molar-refractivity contribution >= 4 is 0 Å². The van der Waals surface area contributed by atoms with Crippen LogP contribution in [0.5, 0.6) is 0 Å². The van der Waals surface area contributed by atoms with Crippen molar-refractivity contribution in [1.82, 2.24) is 4.98 Å². The molecule has 1 aromatic carbocycles. The van der Waals surface area contributed by atoms with Crippen molar-refractivity contribution in [3.05, 3.63) is 65.0 Å². The Morgan fingerprint density at radius 3 is 2.88 bits per heavy atom. The second-order valence-electron chi connectivity index (χ2n) is 4.75. The summed E-state index contributed by atoms with van der Waals surface area (Å²) in [6.07, 6.45) is 4.10. The van der Waals surface area contributed by atoms with Gasteiger partial charge < -0.3 is 5.11 Å². The summed E-state index contributed by atoms with van der Waals surface area (Å²) >= 11 is 0. The minimum Gasteiger partial charge on any atom is -0.388 e. The molecule has 1 aromatic heterocycles. The predicted molar refractivity (Wildman–Crippen MR) is 66.8 cm³/mol. The number of pyridine rings is 1. The second kappa shape index (κ2) is 3.97. The third kappa shape index (κ3) is 1.75. The third-order valence-corrected chi connectivity index (χ3v) is 3.51. The molecule has 0 bridgehead atoms. The molecule has 1 aliphatic rings. The van der Waals surface area contributed by atoms with E-state index in [-0.39, 0.29) is 5.92 Å². The van der Waals surface area contributed by atoms with Crippen LogP contribution in [0.2, 0.25) is 0 Å². The molecule has 0 aliphatic heterocycles. The Labute approximate surface area is 101 Å². The van der Waals surface area contributed by atoms with Crippen molar-refractivity contribution in [1.29, 1.82) is 0 Å². The van der Waals surface area contributed by atoms with Gasteiger partial charge in [0.2, 0.25) is 0 Å². The van der Waals surface area contributed by atoms with Gasteiger partial charge in [-0.2, -0.15) is 0 Å². The number of fused-ring (bicyclic) bond motifs is 1. The van der Waals surface area contributed by atoms with Crippen molar-refractivity contribution in [3.63, 3.8) is 0 Å². The zero-order chi connectivity index (χ0) is 11.8. The summed E-state index contributed by atoms with van der Waals surface area (Å²) in [4.78, 5) is 4.14. The van der Waals surface area contributed by atoms with Gasteiger partial charge in [-0.15, -0.1) is 0 Å². The monoisotopic (exact) mass is 225 g/mol. The lowest BCUT2D eigenvalue weighted by atomic mass is 9.73. The standard InChI is InChI=1S/C15H15NO/c1-10-6-12(9-16-8-10)15(17)14-7-11-4-2-3-5-13(11)14/h2-6,8-9,14-15,17H,7H2,1H3. The van der Waals surface area contributed by atoms with E-state index in [1.807, 2.05) is 25.3 Å². The van der Waals surface area contributed by atoms with Crippen molar-refractivity contribution in [2.75, 3.05) is 0 Å². The van der Waals surface area contributed by atoms with Gasteiger partial charge in [0.05, 0.1) is 6.10 Å². The lowest BCUT2D eigenvalue weighted by molar-refractivity contribution is 0.134. The summed E-state index contributed by atoms with van der Waals surface area (Å²) < 4.78 is 0. The highest BCUT2D eigenvalue weighted by Gasteiger charge is 2.32. The second-order valence-corrected chi connectivity index (χ2v) is 4.75. The van der Waals surface area contributed by atoms with E-state index in [1.165, 1.54) is 11.1 Å². The fourth-order valence-corrected chi connectivity index (χ4v) is 2.55. The van der Waals surface area contributed by atoms with Gasteiger partial charge in [-0.05, 0) is 35.6 Å². The van der Waals surface area contributed by atoms with Crippen LogP contribution >= 0.6 is 0 Å². The molecule has 1 N–H and O–H groups in total. The summed E-state index contributed by atoms with van der Waals surface area (Å²) in [5.41, 5.74) is 4.65. The van der Waals surface area contributed by atoms with Gasteiger partial charge in [-0.1, -0.05) is 30.3 Å². The molecule has 3 rings (SSSR count). The summed E-state index contributed by atoms with van der Waals surface area (Å²) in [6, 6.07) is 10.3. The Morgan fingerprint density at radius 2 is 2.12 bits per heavy atom. The molecule has 0 radical (unpaired) electrons. The number of aliphatic hydroxyl groups excluding tert-OH is 1. The van der Waals surface area contributed by atoms with Crippen LogP contribution in [-0.2, 0) is 6.42 Å². The first kappa shape index (κ1) is 10.5. The first-order valence-corrected chi connectivity index (χ1v) is 5.93. The van der Waals surface area contributed by atoms with E-state index >= 15 is 0 Å². The Bertz CT molecular complexity index is 550. The molecule has 0 amide bonds. The average molecular weight is 225 g/mol. The van der Waals surface area contributed by atoms with Crippen LogP contribution in [0.15, 0.2) is 42.7 Å². The van der Waals surface area contributed by atoms with E-state index in [4.69, 9.17) is 0 Å². The van der Waals surface area contributed by atoms with Crippen LogP contribution < -0.4 is 0 Å². The van der Waals surface area contributed by atoms with Crippen molar-refractivity contribution in [2.45, 2.75) is 25.4 Å². The van der Waals surface area contributed by atoms with E-state index in [2.05, 4.69) is 23.2 Å². The first-order chi connectivity index (χ1) is 8.25. The first-order valence-electron chi connectivity index (χ1n) is 5.93. The van der Waals surface area contributed by atoms with Crippen LogP contribution in [0.3, 0.4) is 0 Å². The Morgan fingerprint density at radius 1 is 1.29 bits per heavy atom. The summed E-state index contributed by atoms with van der Waals surface area (Å²) in [5.74, 6) is 0.231. The van der Waals surface area contributed by atoms with Crippen LogP contribution in [0, 0.1) is 6.92 Å². The molecule has 0 fully saturated rings. The van der Waals surface area contributed by atoms with Gasteiger partial charge in [-0.25, -0.2) is 0 Å². The maximum Gasteiger partial charge on any atom is 0.0876 e. The zero-order valence-corrected chi connectivity index (χ0v) is 9.80. The van der Waals surface area contributed by atoms with E-state index in [1.54, 1.807) is 6.20 Å². The Kier molecular flexibility index (Phi) is 2.45. The van der Waals surface area contributed by atoms with Crippen molar-refractivity contribution < 1.29 is 5.11 Å². The largest absolute Gasteiger partial charge is 0.388 e. The van der Waals surface area contributed by atoms with Crippen molar-refractivity contribution in [3.8, 4) is 0 Å². The molecule has 2 aromatic rings. The van der Waals surface area contributed by atoms with Crippen LogP contribution in [0.1, 0.15) is 34.3 Å². The number of aryl methyl sites for hydroxylation is 1. The van der Waals surface area contributed by atoms with Crippen LogP contribution in [0.4, 0.5) is 0 Å². The highest BCUT2D eigenvalue weighted by molar-refractivity contribution is 5.42. The smallest absolute Gasteiger partial charge is 0.0876 e. The number of hydrogen-bond donors (Lipinski definition) is 1. The highest BCUT2D eigenvalue weighted by Crippen LogP contribution is 2.43. The van der Waals surface area contributed by atoms with Gasteiger partial charge in [0.1, 0.15) is 0 Å². The number of aliphatic hydroxyl groups is 1. The Hall–Kier alpha value is -1.67. The molecule has 17 heavy (non-hydrogen) atoms. The molecule has 0 saturated heterocycles. The molecule has 2 unspecified atom stereocenters. The highest BCUT2D eigenvalue weighted by atomic mass is 16.3. The maximum absolute atomic E-state index is 10.4. The molecule has 86 valence electrons. The van der Waals surface area contributed by atoms with E-state index in [0.29, 0.717) is 0 Å². The molecular weight excluding hydrogens is 210 g/mol. The molecule has 0 saturated carbocycles. The fourth-order valence-electron chi connectivity index (χ4n) is 2.55. The maximum atomic E-state index is 10.4. The van der Waals surface area contributed by atoms with E-state index in [9.17, 15) is 5.11 Å². The lowest BCUT2D eigenvalue weighted by Gasteiger charge is -2.34. The zero-order valence-electron chi connectivity index (χ0n) is 9.80. The summed E-state index contributed by atoms with van der Waals surface area (Å²) in [7, 11) is 0. The topological polar surface area (TPSA) is 33.1 Å². The molecule has 0 spiro atoms. The lowest BCUT2D eigenvalue weighted by Crippen LogP contribution is -2.23. The predicted octanol–water partition coefficient (Wildman–Crippen LogP) is 2.76. The van der Waals surface area contributed by atoms with Gasteiger partial charge in [0.25, 0.3) is 0 Å². The van der Waals surface area contributed by atoms with Crippen LogP contribution in [-0.4, -0.2) is 10.1 Å². The normalized spacial score (nSPS) is 19.3. The van der Waals surface area contributed by atoms with E-state index in [0.717, 1.165) is 17.5 Å². The SMILES string of the molecule is Cc1cncc(C(O)C2Cc3ccccc32)c1. The number of aromatic nitrogens is 1. The Balaban J connectivity index is 1.88. The minimum absolute atomic E-state index is 0.231. The van der Waals surface area contributed by atoms with Crippen LogP contribution in [0.25, 0.3) is 0 Å². The van der Waals surface area contributed by atoms with E-state index < -0.39 is 6.10 Å². The summed E-state index contributed by atoms with van der Waals surface area (Å²) in [5, 5.41) is 10.4. The fraction of sp³-hybridized carbons (Fsp3) is 0.267. The quantitative estimate of drug-likeness (QED) is 0.852. The number of hydrogen-bond acceptors (Lipinski definition) is 2. The van der Waals surface area contributed by atoms with Crippen molar-refractivity contribution in [2.24, 2.45) is 0 Å². The summed E-state index contributed by atoms with van der Waals surface area (Å²) in [6.45, 7) is 2.00. The van der Waals surface area contributed by atoms with Gasteiger partial charge in [0.15, 0.2) is 0 Å². The minimum atomic E-state index is -0.433. The molecule has 1 aliphatic carbocycles. The number of nitrogens with zero attached hydrogens (tertiary/aromatic N) is 1.